The Bertz CT molecular complexity index is 1070. The SMILES string of the molecule is CC(=O)N[C@H]1CC[C@@]2(C)CC(C(=O)OCc3ccccc3)(C(=O)OCc3ccccc3)CC2=C1C. The van der Waals surface area contributed by atoms with Gasteiger partial charge in [0.2, 0.25) is 5.91 Å². The normalized spacial score (nSPS) is 22.8. The molecule has 1 N–H and O–H groups in total. The van der Waals surface area contributed by atoms with E-state index < -0.39 is 17.4 Å². The molecule has 0 bridgehead atoms. The first kappa shape index (κ1) is 24.7. The Labute approximate surface area is 206 Å². The molecular weight excluding hydrogens is 442 g/mol. The van der Waals surface area contributed by atoms with Crippen LogP contribution < -0.4 is 5.32 Å². The van der Waals surface area contributed by atoms with Gasteiger partial charge in [-0.15, -0.1) is 0 Å². The van der Waals surface area contributed by atoms with Crippen molar-refractivity contribution >= 4 is 17.8 Å². The lowest BCUT2D eigenvalue weighted by atomic mass is 9.71. The third kappa shape index (κ3) is 5.16. The van der Waals surface area contributed by atoms with Crippen LogP contribution in [0.5, 0.6) is 0 Å². The van der Waals surface area contributed by atoms with Crippen LogP contribution in [0.3, 0.4) is 0 Å². The number of carbonyl (C=O) groups is 3. The minimum atomic E-state index is -1.42. The predicted octanol–water partition coefficient (Wildman–Crippen LogP) is 4.87. The van der Waals surface area contributed by atoms with Crippen molar-refractivity contribution < 1.29 is 23.9 Å². The molecule has 1 fully saturated rings. The zero-order valence-electron chi connectivity index (χ0n) is 20.6. The molecule has 6 heteroatoms. The van der Waals surface area contributed by atoms with E-state index in [1.165, 1.54) is 6.92 Å². The van der Waals surface area contributed by atoms with Crippen molar-refractivity contribution in [3.05, 3.63) is 82.9 Å². The standard InChI is InChI=1S/C29H33NO5/c1-20-24-16-29(26(32)34-17-22-10-6-4-7-11-22,27(33)35-18-23-12-8-5-9-13-23)19-28(24,3)15-14-25(20)30-21(2)31/h4-13,25H,14-19H2,1-3H3,(H,30,31)/t25-,28-/m0/s1. The molecule has 184 valence electrons. The molecule has 0 aliphatic heterocycles. The lowest BCUT2D eigenvalue weighted by Gasteiger charge is -2.37. The van der Waals surface area contributed by atoms with Gasteiger partial charge in [-0.05, 0) is 49.1 Å². The second-order valence-electron chi connectivity index (χ2n) is 10.1. The van der Waals surface area contributed by atoms with Crippen molar-refractivity contribution in [2.75, 3.05) is 0 Å². The van der Waals surface area contributed by atoms with Gasteiger partial charge in [0, 0.05) is 6.92 Å². The number of allylic oxidation sites excluding steroid dienone is 1. The summed E-state index contributed by atoms with van der Waals surface area (Å²) in [6, 6.07) is 18.8. The largest absolute Gasteiger partial charge is 0.460 e. The molecule has 2 aliphatic carbocycles. The molecule has 0 radical (unpaired) electrons. The molecule has 2 atom stereocenters. The van der Waals surface area contributed by atoms with Crippen molar-refractivity contribution in [3.63, 3.8) is 0 Å². The van der Waals surface area contributed by atoms with Crippen molar-refractivity contribution in [1.82, 2.24) is 5.32 Å². The first-order valence-electron chi connectivity index (χ1n) is 12.1. The molecule has 1 amide bonds. The highest BCUT2D eigenvalue weighted by Crippen LogP contribution is 2.59. The molecule has 2 aromatic carbocycles. The summed E-state index contributed by atoms with van der Waals surface area (Å²) in [7, 11) is 0. The summed E-state index contributed by atoms with van der Waals surface area (Å²) in [6.07, 6.45) is 2.11. The Hall–Kier alpha value is -3.41. The predicted molar refractivity (Wildman–Crippen MR) is 132 cm³/mol. The Kier molecular flexibility index (Phi) is 7.10. The average molecular weight is 476 g/mol. The smallest absolute Gasteiger partial charge is 0.324 e. The topological polar surface area (TPSA) is 81.7 Å². The molecule has 4 rings (SSSR count). The number of fused-ring (bicyclic) bond motifs is 1. The molecule has 0 spiro atoms. The molecule has 2 aromatic rings. The lowest BCUT2D eigenvalue weighted by molar-refractivity contribution is -0.174. The van der Waals surface area contributed by atoms with E-state index in [9.17, 15) is 14.4 Å². The van der Waals surface area contributed by atoms with Gasteiger partial charge in [-0.25, -0.2) is 0 Å². The Morgan fingerprint density at radius 1 is 0.914 bits per heavy atom. The van der Waals surface area contributed by atoms with Gasteiger partial charge < -0.3 is 14.8 Å². The summed E-state index contributed by atoms with van der Waals surface area (Å²) in [5.41, 5.74) is 2.04. The van der Waals surface area contributed by atoms with Gasteiger partial charge in [-0.3, -0.25) is 14.4 Å². The number of hydrogen-bond donors (Lipinski definition) is 1. The summed E-state index contributed by atoms with van der Waals surface area (Å²) >= 11 is 0. The quantitative estimate of drug-likeness (QED) is 0.351. The Balaban J connectivity index is 1.62. The number of amides is 1. The van der Waals surface area contributed by atoms with E-state index in [2.05, 4.69) is 12.2 Å². The van der Waals surface area contributed by atoms with Crippen LogP contribution in [-0.2, 0) is 37.1 Å². The number of benzene rings is 2. The van der Waals surface area contributed by atoms with E-state index in [0.29, 0.717) is 6.42 Å². The van der Waals surface area contributed by atoms with Gasteiger partial charge in [0.15, 0.2) is 5.41 Å². The second-order valence-corrected chi connectivity index (χ2v) is 10.1. The van der Waals surface area contributed by atoms with E-state index in [1.807, 2.05) is 67.6 Å². The van der Waals surface area contributed by atoms with Crippen molar-refractivity contribution in [1.29, 1.82) is 0 Å². The van der Waals surface area contributed by atoms with Crippen LogP contribution in [0, 0.1) is 10.8 Å². The number of hydrogen-bond acceptors (Lipinski definition) is 5. The van der Waals surface area contributed by atoms with Gasteiger partial charge in [-0.2, -0.15) is 0 Å². The molecule has 1 saturated carbocycles. The summed E-state index contributed by atoms with van der Waals surface area (Å²) in [4.78, 5) is 39.0. The lowest BCUT2D eigenvalue weighted by Crippen LogP contribution is -2.41. The fraction of sp³-hybridized carbons (Fsp3) is 0.414. The number of ether oxygens (including phenoxy) is 2. The first-order chi connectivity index (χ1) is 16.7. The van der Waals surface area contributed by atoms with Crippen LogP contribution >= 0.6 is 0 Å². The van der Waals surface area contributed by atoms with Crippen LogP contribution in [0.4, 0.5) is 0 Å². The molecule has 6 nitrogen and oxygen atoms in total. The van der Waals surface area contributed by atoms with E-state index in [1.54, 1.807) is 0 Å². The second kappa shape index (κ2) is 10.1. The number of carbonyl (C=O) groups excluding carboxylic acids is 3. The molecular formula is C29H33NO5. The third-order valence-electron chi connectivity index (χ3n) is 7.47. The maximum atomic E-state index is 13.6. The minimum Gasteiger partial charge on any atom is -0.460 e. The van der Waals surface area contributed by atoms with Crippen LogP contribution in [0.2, 0.25) is 0 Å². The van der Waals surface area contributed by atoms with Crippen molar-refractivity contribution in [2.24, 2.45) is 10.8 Å². The Morgan fingerprint density at radius 3 is 1.91 bits per heavy atom. The van der Waals surface area contributed by atoms with E-state index in [0.717, 1.165) is 35.1 Å². The summed E-state index contributed by atoms with van der Waals surface area (Å²) in [6.45, 7) is 5.79. The van der Waals surface area contributed by atoms with Gasteiger partial charge >= 0.3 is 11.9 Å². The summed E-state index contributed by atoms with van der Waals surface area (Å²) in [5.74, 6) is -1.19. The number of rotatable bonds is 7. The zero-order valence-corrected chi connectivity index (χ0v) is 20.6. The molecule has 0 aromatic heterocycles. The van der Waals surface area contributed by atoms with Crippen LogP contribution in [0.15, 0.2) is 71.8 Å². The van der Waals surface area contributed by atoms with Crippen molar-refractivity contribution in [3.8, 4) is 0 Å². The average Bonchev–Trinajstić information content (AvgIpc) is 3.19. The number of nitrogens with one attached hydrogen (secondary N) is 1. The zero-order chi connectivity index (χ0) is 25.1. The van der Waals surface area contributed by atoms with Crippen LogP contribution in [-0.4, -0.2) is 23.9 Å². The molecule has 0 saturated heterocycles. The fourth-order valence-corrected chi connectivity index (χ4v) is 5.62. The van der Waals surface area contributed by atoms with Crippen molar-refractivity contribution in [2.45, 2.75) is 65.7 Å². The molecule has 0 unspecified atom stereocenters. The molecule has 35 heavy (non-hydrogen) atoms. The Morgan fingerprint density at radius 2 is 1.43 bits per heavy atom. The van der Waals surface area contributed by atoms with E-state index >= 15 is 0 Å². The summed E-state index contributed by atoms with van der Waals surface area (Å²) < 4.78 is 11.5. The van der Waals surface area contributed by atoms with Crippen LogP contribution in [0.25, 0.3) is 0 Å². The van der Waals surface area contributed by atoms with Gasteiger partial charge in [-0.1, -0.05) is 78.7 Å². The maximum Gasteiger partial charge on any atom is 0.324 e. The monoisotopic (exact) mass is 475 g/mol. The van der Waals surface area contributed by atoms with E-state index in [-0.39, 0.29) is 37.0 Å². The van der Waals surface area contributed by atoms with Gasteiger partial charge in [0.25, 0.3) is 0 Å². The first-order valence-corrected chi connectivity index (χ1v) is 12.1. The fourth-order valence-electron chi connectivity index (χ4n) is 5.62. The number of esters is 2. The highest BCUT2D eigenvalue weighted by molar-refractivity contribution is 6.01. The molecule has 2 aliphatic rings. The summed E-state index contributed by atoms with van der Waals surface area (Å²) in [5, 5.41) is 3.01. The highest BCUT2D eigenvalue weighted by Gasteiger charge is 2.61. The van der Waals surface area contributed by atoms with E-state index in [4.69, 9.17) is 9.47 Å². The highest BCUT2D eigenvalue weighted by atomic mass is 16.6. The van der Waals surface area contributed by atoms with Gasteiger partial charge in [0.05, 0.1) is 6.04 Å². The van der Waals surface area contributed by atoms with Crippen LogP contribution in [0.1, 0.15) is 57.6 Å². The maximum absolute atomic E-state index is 13.6. The molecule has 0 heterocycles. The minimum absolute atomic E-state index is 0.0904. The van der Waals surface area contributed by atoms with Gasteiger partial charge in [0.1, 0.15) is 13.2 Å². The third-order valence-corrected chi connectivity index (χ3v) is 7.47.